The second kappa shape index (κ2) is 4.50. The van der Waals surface area contributed by atoms with Crippen LogP contribution < -0.4 is 5.32 Å². The van der Waals surface area contributed by atoms with E-state index in [-0.39, 0.29) is 6.04 Å². The molecule has 3 heteroatoms. The van der Waals surface area contributed by atoms with Crippen LogP contribution in [0.3, 0.4) is 0 Å². The molecule has 0 saturated carbocycles. The van der Waals surface area contributed by atoms with Gasteiger partial charge in [0, 0.05) is 18.2 Å². The average molecular weight is 225 g/mol. The highest BCUT2D eigenvalue weighted by atomic mass is 19.1. The van der Waals surface area contributed by atoms with Crippen LogP contribution in [0.25, 0.3) is 0 Å². The van der Waals surface area contributed by atoms with Crippen molar-refractivity contribution in [3.8, 4) is 0 Å². The summed E-state index contributed by atoms with van der Waals surface area (Å²) in [6, 6.07) is 2.92. The van der Waals surface area contributed by atoms with Gasteiger partial charge in [0.2, 0.25) is 0 Å². The SMILES string of the molecule is CCC(C)NC1CCc2c(F)cc(F)cc21. The van der Waals surface area contributed by atoms with E-state index < -0.39 is 11.6 Å². The van der Waals surface area contributed by atoms with Crippen molar-refractivity contribution in [2.45, 2.75) is 45.2 Å². The number of hydrogen-bond donors (Lipinski definition) is 1. The van der Waals surface area contributed by atoms with Crippen molar-refractivity contribution in [2.24, 2.45) is 0 Å². The maximum atomic E-state index is 13.5. The monoisotopic (exact) mass is 225 g/mol. The molecule has 2 rings (SSSR count). The minimum Gasteiger partial charge on any atom is -0.307 e. The zero-order valence-electron chi connectivity index (χ0n) is 9.69. The Bertz CT molecular complexity index is 390. The molecule has 1 N–H and O–H groups in total. The van der Waals surface area contributed by atoms with E-state index in [4.69, 9.17) is 0 Å². The van der Waals surface area contributed by atoms with Crippen LogP contribution in [0.1, 0.15) is 43.9 Å². The summed E-state index contributed by atoms with van der Waals surface area (Å²) in [6.07, 6.45) is 2.58. The maximum absolute atomic E-state index is 13.5. The van der Waals surface area contributed by atoms with Gasteiger partial charge in [0.05, 0.1) is 0 Å². The molecular weight excluding hydrogens is 208 g/mol. The molecule has 1 aromatic carbocycles. The van der Waals surface area contributed by atoms with Gasteiger partial charge in [0.25, 0.3) is 0 Å². The fourth-order valence-electron chi connectivity index (χ4n) is 2.28. The van der Waals surface area contributed by atoms with Crippen LogP contribution in [-0.2, 0) is 6.42 Å². The lowest BCUT2D eigenvalue weighted by Gasteiger charge is -2.19. The largest absolute Gasteiger partial charge is 0.307 e. The Hall–Kier alpha value is -0.960. The van der Waals surface area contributed by atoms with Crippen LogP contribution in [0.5, 0.6) is 0 Å². The van der Waals surface area contributed by atoms with Gasteiger partial charge in [-0.05, 0) is 43.4 Å². The van der Waals surface area contributed by atoms with Crippen LogP contribution in [0.2, 0.25) is 0 Å². The van der Waals surface area contributed by atoms with Gasteiger partial charge >= 0.3 is 0 Å². The first-order valence-corrected chi connectivity index (χ1v) is 5.85. The Kier molecular flexibility index (Phi) is 3.24. The third kappa shape index (κ3) is 2.09. The van der Waals surface area contributed by atoms with E-state index in [0.29, 0.717) is 18.0 Å². The molecule has 0 fully saturated rings. The molecule has 0 spiro atoms. The van der Waals surface area contributed by atoms with Gasteiger partial charge in [-0.25, -0.2) is 8.78 Å². The van der Waals surface area contributed by atoms with Gasteiger partial charge in [0.1, 0.15) is 11.6 Å². The van der Waals surface area contributed by atoms with Crippen molar-refractivity contribution in [1.82, 2.24) is 5.32 Å². The van der Waals surface area contributed by atoms with E-state index in [1.165, 1.54) is 6.07 Å². The van der Waals surface area contributed by atoms with E-state index in [1.54, 1.807) is 0 Å². The van der Waals surface area contributed by atoms with Crippen LogP contribution in [0.4, 0.5) is 8.78 Å². The Labute approximate surface area is 94.9 Å². The topological polar surface area (TPSA) is 12.0 Å². The van der Waals surface area contributed by atoms with Gasteiger partial charge in [0.15, 0.2) is 0 Å². The predicted molar refractivity (Wildman–Crippen MR) is 60.3 cm³/mol. The average Bonchev–Trinajstić information content (AvgIpc) is 2.61. The van der Waals surface area contributed by atoms with E-state index >= 15 is 0 Å². The Morgan fingerprint density at radius 2 is 2.19 bits per heavy atom. The smallest absolute Gasteiger partial charge is 0.129 e. The van der Waals surface area contributed by atoms with Crippen LogP contribution >= 0.6 is 0 Å². The van der Waals surface area contributed by atoms with E-state index in [1.807, 2.05) is 0 Å². The molecule has 2 unspecified atom stereocenters. The number of hydrogen-bond acceptors (Lipinski definition) is 1. The van der Waals surface area contributed by atoms with Gasteiger partial charge in [-0.3, -0.25) is 0 Å². The highest BCUT2D eigenvalue weighted by Crippen LogP contribution is 2.33. The Morgan fingerprint density at radius 3 is 2.88 bits per heavy atom. The van der Waals surface area contributed by atoms with Crippen molar-refractivity contribution in [1.29, 1.82) is 0 Å². The summed E-state index contributed by atoms with van der Waals surface area (Å²) in [4.78, 5) is 0. The molecule has 0 saturated heterocycles. The molecule has 16 heavy (non-hydrogen) atoms. The molecule has 0 amide bonds. The summed E-state index contributed by atoms with van der Waals surface area (Å²) >= 11 is 0. The van der Waals surface area contributed by atoms with Gasteiger partial charge in [-0.1, -0.05) is 6.92 Å². The first-order valence-electron chi connectivity index (χ1n) is 5.85. The molecule has 88 valence electrons. The van der Waals surface area contributed by atoms with Crippen LogP contribution in [0.15, 0.2) is 12.1 Å². The molecule has 1 aliphatic carbocycles. The molecule has 0 aliphatic heterocycles. The number of nitrogens with one attached hydrogen (secondary N) is 1. The molecule has 0 radical (unpaired) electrons. The van der Waals surface area contributed by atoms with Crippen LogP contribution in [-0.4, -0.2) is 6.04 Å². The lowest BCUT2D eigenvalue weighted by molar-refractivity contribution is 0.443. The van der Waals surface area contributed by atoms with E-state index in [9.17, 15) is 8.78 Å². The summed E-state index contributed by atoms with van der Waals surface area (Å²) in [5.41, 5.74) is 1.49. The minimum absolute atomic E-state index is 0.107. The number of rotatable bonds is 3. The predicted octanol–water partition coefficient (Wildman–Crippen LogP) is 3.34. The summed E-state index contributed by atoms with van der Waals surface area (Å²) < 4.78 is 26.6. The summed E-state index contributed by atoms with van der Waals surface area (Å²) in [5.74, 6) is -0.877. The molecule has 1 aromatic rings. The lowest BCUT2D eigenvalue weighted by atomic mass is 10.1. The lowest BCUT2D eigenvalue weighted by Crippen LogP contribution is -2.28. The molecule has 2 atom stereocenters. The number of benzene rings is 1. The molecular formula is C13H17F2N. The van der Waals surface area contributed by atoms with Crippen molar-refractivity contribution in [2.75, 3.05) is 0 Å². The highest BCUT2D eigenvalue weighted by molar-refractivity contribution is 5.36. The second-order valence-corrected chi connectivity index (χ2v) is 4.52. The molecule has 0 aromatic heterocycles. The molecule has 0 bridgehead atoms. The van der Waals surface area contributed by atoms with Crippen molar-refractivity contribution < 1.29 is 8.78 Å². The minimum atomic E-state index is -0.478. The Balaban J connectivity index is 2.25. The van der Waals surface area contributed by atoms with E-state index in [2.05, 4.69) is 19.2 Å². The van der Waals surface area contributed by atoms with Crippen molar-refractivity contribution in [3.05, 3.63) is 34.9 Å². The third-order valence-electron chi connectivity index (χ3n) is 3.35. The first kappa shape index (κ1) is 11.5. The normalized spacial score (nSPS) is 20.9. The highest BCUT2D eigenvalue weighted by Gasteiger charge is 2.26. The summed E-state index contributed by atoms with van der Waals surface area (Å²) in [7, 11) is 0. The maximum Gasteiger partial charge on any atom is 0.129 e. The van der Waals surface area contributed by atoms with Gasteiger partial charge in [-0.2, -0.15) is 0 Å². The standard InChI is InChI=1S/C13H17F2N/c1-3-8(2)16-13-5-4-10-11(13)6-9(14)7-12(10)15/h6-8,13,16H,3-5H2,1-2H3. The zero-order chi connectivity index (χ0) is 11.7. The quantitative estimate of drug-likeness (QED) is 0.832. The molecule has 0 heterocycles. The number of halogens is 2. The molecule has 1 aliphatic rings. The first-order chi connectivity index (χ1) is 7.61. The van der Waals surface area contributed by atoms with Crippen molar-refractivity contribution in [3.63, 3.8) is 0 Å². The van der Waals surface area contributed by atoms with E-state index in [0.717, 1.165) is 24.5 Å². The molecule has 1 nitrogen and oxygen atoms in total. The second-order valence-electron chi connectivity index (χ2n) is 4.52. The van der Waals surface area contributed by atoms with Gasteiger partial charge < -0.3 is 5.32 Å². The summed E-state index contributed by atoms with van der Waals surface area (Å²) in [5, 5.41) is 3.41. The Morgan fingerprint density at radius 1 is 1.44 bits per heavy atom. The third-order valence-corrected chi connectivity index (χ3v) is 3.35. The van der Waals surface area contributed by atoms with Crippen molar-refractivity contribution >= 4 is 0 Å². The zero-order valence-corrected chi connectivity index (χ0v) is 9.69. The fraction of sp³-hybridized carbons (Fsp3) is 0.538. The van der Waals surface area contributed by atoms with Gasteiger partial charge in [-0.15, -0.1) is 0 Å². The van der Waals surface area contributed by atoms with Crippen LogP contribution in [0, 0.1) is 11.6 Å². The fourth-order valence-corrected chi connectivity index (χ4v) is 2.28. The summed E-state index contributed by atoms with van der Waals surface area (Å²) in [6.45, 7) is 4.19. The number of fused-ring (bicyclic) bond motifs is 1.